The quantitative estimate of drug-likeness (QED) is 0.708. The predicted octanol–water partition coefficient (Wildman–Crippen LogP) is 1.90. The van der Waals surface area contributed by atoms with Crippen molar-refractivity contribution in [2.24, 2.45) is 0 Å². The Morgan fingerprint density at radius 1 is 1.83 bits per heavy atom. The highest BCUT2D eigenvalue weighted by molar-refractivity contribution is 7.14. The fraction of sp³-hybridized carbons (Fsp3) is 0.429. The van der Waals surface area contributed by atoms with Crippen LogP contribution in [-0.2, 0) is 16.0 Å². The van der Waals surface area contributed by atoms with Crippen LogP contribution in [0.4, 0.5) is 0 Å². The molecule has 0 amide bonds. The first-order valence-corrected chi connectivity index (χ1v) is 4.73. The Morgan fingerprint density at radius 3 is 3.08 bits per heavy atom. The molecule has 0 spiro atoms. The van der Waals surface area contributed by atoms with Crippen LogP contribution in [0.5, 0.6) is 0 Å². The maximum Gasteiger partial charge on any atom is 0.311 e. The Balaban J connectivity index is 2.52. The smallest absolute Gasteiger partial charge is 0.311 e. The van der Waals surface area contributed by atoms with Crippen LogP contribution < -0.4 is 0 Å². The van der Waals surface area contributed by atoms with Crippen LogP contribution in [0, 0.1) is 0 Å². The van der Waals surface area contributed by atoms with Gasteiger partial charge >= 0.3 is 5.97 Å². The van der Waals surface area contributed by atoms with E-state index in [1.165, 1.54) is 11.3 Å². The number of hydrogen-bond donors (Lipinski definition) is 0. The van der Waals surface area contributed by atoms with Gasteiger partial charge in [0, 0.05) is 0 Å². The second-order valence-corrected chi connectivity index (χ2v) is 3.51. The molecule has 1 heterocycles. The zero-order valence-electron chi connectivity index (χ0n) is 6.54. The van der Waals surface area contributed by atoms with Crippen LogP contribution in [0.2, 0.25) is 4.34 Å². The Morgan fingerprint density at radius 2 is 2.58 bits per heavy atom. The van der Waals surface area contributed by atoms with E-state index in [1.54, 1.807) is 12.4 Å². The molecule has 66 valence electrons. The number of rotatable bonds is 3. The SMILES string of the molecule is CCOC(=O)Cc1ncsc1Cl. The second kappa shape index (κ2) is 4.42. The van der Waals surface area contributed by atoms with Crippen LogP contribution in [-0.4, -0.2) is 17.6 Å². The minimum atomic E-state index is -0.287. The number of nitrogens with zero attached hydrogens (tertiary/aromatic N) is 1. The van der Waals surface area contributed by atoms with Crippen molar-refractivity contribution in [2.45, 2.75) is 13.3 Å². The number of carbonyl (C=O) groups excluding carboxylic acids is 1. The fourth-order valence-electron chi connectivity index (χ4n) is 0.719. The molecule has 0 aromatic carbocycles. The van der Waals surface area contributed by atoms with Crippen LogP contribution in [0.15, 0.2) is 5.51 Å². The summed E-state index contributed by atoms with van der Waals surface area (Å²) in [6.07, 6.45) is 0.163. The fourth-order valence-corrected chi connectivity index (χ4v) is 1.49. The lowest BCUT2D eigenvalue weighted by atomic mass is 10.3. The van der Waals surface area contributed by atoms with Gasteiger partial charge in [-0.3, -0.25) is 4.79 Å². The van der Waals surface area contributed by atoms with Gasteiger partial charge in [0.15, 0.2) is 0 Å². The molecule has 0 fully saturated rings. The van der Waals surface area contributed by atoms with E-state index < -0.39 is 0 Å². The van der Waals surface area contributed by atoms with Gasteiger partial charge in [-0.15, -0.1) is 11.3 Å². The van der Waals surface area contributed by atoms with Gasteiger partial charge in [0.25, 0.3) is 0 Å². The molecule has 0 aliphatic heterocycles. The molecule has 1 aromatic rings. The molecule has 0 radical (unpaired) electrons. The summed E-state index contributed by atoms with van der Waals surface area (Å²) in [4.78, 5) is 14.9. The van der Waals surface area contributed by atoms with Crippen molar-refractivity contribution in [1.82, 2.24) is 4.98 Å². The third-order valence-electron chi connectivity index (χ3n) is 1.21. The van der Waals surface area contributed by atoms with E-state index in [4.69, 9.17) is 16.3 Å². The van der Waals surface area contributed by atoms with Crippen LogP contribution in [0.1, 0.15) is 12.6 Å². The van der Waals surface area contributed by atoms with Crippen LogP contribution >= 0.6 is 22.9 Å². The molecular weight excluding hydrogens is 198 g/mol. The van der Waals surface area contributed by atoms with Crippen molar-refractivity contribution in [2.75, 3.05) is 6.61 Å². The van der Waals surface area contributed by atoms with Gasteiger partial charge in [0.2, 0.25) is 0 Å². The third kappa shape index (κ3) is 2.46. The topological polar surface area (TPSA) is 39.2 Å². The Bertz CT molecular complexity index is 274. The maximum atomic E-state index is 10.9. The van der Waals surface area contributed by atoms with E-state index in [9.17, 15) is 4.79 Å². The molecule has 1 aromatic heterocycles. The van der Waals surface area contributed by atoms with Gasteiger partial charge in [-0.25, -0.2) is 4.98 Å². The zero-order chi connectivity index (χ0) is 8.97. The summed E-state index contributed by atoms with van der Waals surface area (Å²) in [5.74, 6) is -0.287. The van der Waals surface area contributed by atoms with E-state index in [-0.39, 0.29) is 12.4 Å². The molecule has 12 heavy (non-hydrogen) atoms. The van der Waals surface area contributed by atoms with Crippen LogP contribution in [0.25, 0.3) is 0 Å². The Kier molecular flexibility index (Phi) is 3.49. The number of aromatic nitrogens is 1. The summed E-state index contributed by atoms with van der Waals surface area (Å²) in [6, 6.07) is 0. The summed E-state index contributed by atoms with van der Waals surface area (Å²) in [5.41, 5.74) is 2.21. The highest BCUT2D eigenvalue weighted by Gasteiger charge is 2.09. The molecule has 0 aliphatic carbocycles. The van der Waals surface area contributed by atoms with Crippen molar-refractivity contribution in [1.29, 1.82) is 0 Å². The van der Waals surface area contributed by atoms with Gasteiger partial charge in [0.05, 0.1) is 24.2 Å². The zero-order valence-corrected chi connectivity index (χ0v) is 8.11. The molecule has 0 aliphatic rings. The van der Waals surface area contributed by atoms with Gasteiger partial charge < -0.3 is 4.74 Å². The molecule has 0 bridgehead atoms. The van der Waals surface area contributed by atoms with Crippen molar-refractivity contribution in [3.05, 3.63) is 15.5 Å². The number of hydrogen-bond acceptors (Lipinski definition) is 4. The first kappa shape index (κ1) is 9.48. The molecule has 0 unspecified atom stereocenters. The normalized spacial score (nSPS) is 9.83. The molecule has 1 rings (SSSR count). The van der Waals surface area contributed by atoms with Gasteiger partial charge in [-0.2, -0.15) is 0 Å². The average molecular weight is 206 g/mol. The average Bonchev–Trinajstić information content (AvgIpc) is 2.37. The van der Waals surface area contributed by atoms with E-state index in [0.717, 1.165) is 0 Å². The molecule has 0 atom stereocenters. The van der Waals surface area contributed by atoms with Gasteiger partial charge in [-0.05, 0) is 6.92 Å². The molecule has 0 saturated carbocycles. The van der Waals surface area contributed by atoms with Crippen molar-refractivity contribution in [3.8, 4) is 0 Å². The summed E-state index contributed by atoms with van der Waals surface area (Å²) in [6.45, 7) is 2.15. The highest BCUT2D eigenvalue weighted by Crippen LogP contribution is 2.20. The minimum Gasteiger partial charge on any atom is -0.466 e. The van der Waals surface area contributed by atoms with E-state index in [2.05, 4.69) is 4.98 Å². The lowest BCUT2D eigenvalue weighted by Crippen LogP contribution is -2.07. The number of esters is 1. The number of thiazole rings is 1. The lowest BCUT2D eigenvalue weighted by molar-refractivity contribution is -0.142. The minimum absolute atomic E-state index is 0.163. The third-order valence-corrected chi connectivity index (χ3v) is 2.35. The van der Waals surface area contributed by atoms with Crippen molar-refractivity contribution < 1.29 is 9.53 Å². The van der Waals surface area contributed by atoms with E-state index in [1.807, 2.05) is 0 Å². The Hall–Kier alpha value is -0.610. The van der Waals surface area contributed by atoms with Gasteiger partial charge in [0.1, 0.15) is 4.34 Å². The molecule has 0 N–H and O–H groups in total. The largest absolute Gasteiger partial charge is 0.466 e. The highest BCUT2D eigenvalue weighted by atomic mass is 35.5. The predicted molar refractivity (Wildman–Crippen MR) is 47.5 cm³/mol. The summed E-state index contributed by atoms with van der Waals surface area (Å²) >= 11 is 7.04. The first-order valence-electron chi connectivity index (χ1n) is 3.47. The van der Waals surface area contributed by atoms with E-state index >= 15 is 0 Å². The number of ether oxygens (including phenoxy) is 1. The van der Waals surface area contributed by atoms with Crippen LogP contribution in [0.3, 0.4) is 0 Å². The summed E-state index contributed by atoms with van der Waals surface area (Å²) < 4.78 is 5.30. The summed E-state index contributed by atoms with van der Waals surface area (Å²) in [5, 5.41) is 0. The van der Waals surface area contributed by atoms with Crippen molar-refractivity contribution in [3.63, 3.8) is 0 Å². The molecule has 3 nitrogen and oxygen atoms in total. The maximum absolute atomic E-state index is 10.9. The van der Waals surface area contributed by atoms with E-state index in [0.29, 0.717) is 16.6 Å². The summed E-state index contributed by atoms with van der Waals surface area (Å²) in [7, 11) is 0. The molecule has 5 heteroatoms. The Labute approximate surface area is 79.3 Å². The first-order chi connectivity index (χ1) is 5.74. The standard InChI is InChI=1S/C7H8ClNO2S/c1-2-11-6(10)3-5-7(8)12-4-9-5/h4H,2-3H2,1H3. The van der Waals surface area contributed by atoms with Gasteiger partial charge in [-0.1, -0.05) is 11.6 Å². The monoisotopic (exact) mass is 205 g/mol. The molecule has 0 saturated heterocycles. The molecular formula is C7H8ClNO2S. The lowest BCUT2D eigenvalue weighted by Gasteiger charge is -1.98. The second-order valence-electron chi connectivity index (χ2n) is 2.05. The number of halogens is 1. The van der Waals surface area contributed by atoms with Crippen molar-refractivity contribution >= 4 is 28.9 Å². The number of carbonyl (C=O) groups is 1.